The van der Waals surface area contributed by atoms with E-state index in [4.69, 9.17) is 8.83 Å². The van der Waals surface area contributed by atoms with Crippen molar-refractivity contribution in [2.24, 2.45) is 0 Å². The van der Waals surface area contributed by atoms with Crippen LogP contribution in [0.3, 0.4) is 0 Å². The van der Waals surface area contributed by atoms with Crippen molar-refractivity contribution in [1.29, 1.82) is 0 Å². The van der Waals surface area contributed by atoms with Gasteiger partial charge in [-0.25, -0.2) is 0 Å². The third kappa shape index (κ3) is 1.17. The zero-order valence-electron chi connectivity index (χ0n) is 9.73. The molecular formula is C11H8N4O4. The molecule has 0 fully saturated rings. The molecular weight excluding hydrogens is 252 g/mol. The number of rotatable bonds is 1. The second-order valence-corrected chi connectivity index (χ2v) is 4.21. The van der Waals surface area contributed by atoms with Crippen LogP contribution in [0.25, 0.3) is 34.0 Å². The van der Waals surface area contributed by atoms with Gasteiger partial charge >= 0.3 is 0 Å². The highest BCUT2D eigenvalue weighted by Gasteiger charge is 2.21. The van der Waals surface area contributed by atoms with E-state index in [2.05, 4.69) is 9.97 Å². The molecule has 96 valence electrons. The molecule has 8 heteroatoms. The second kappa shape index (κ2) is 3.10. The Bertz CT molecular complexity index is 876. The van der Waals surface area contributed by atoms with Crippen molar-refractivity contribution < 1.29 is 19.2 Å². The molecule has 4 heterocycles. The highest BCUT2D eigenvalue weighted by Crippen LogP contribution is 2.30. The maximum absolute atomic E-state index is 9.96. The summed E-state index contributed by atoms with van der Waals surface area (Å²) in [6.07, 6.45) is 2.73. The first-order chi connectivity index (χ1) is 9.15. The van der Waals surface area contributed by atoms with Gasteiger partial charge in [-0.05, 0) is 6.92 Å². The Balaban J connectivity index is 2.00. The summed E-state index contributed by atoms with van der Waals surface area (Å²) in [5.74, 6) is 0.173. The Morgan fingerprint density at radius 1 is 1.26 bits per heavy atom. The van der Waals surface area contributed by atoms with Gasteiger partial charge in [0.2, 0.25) is 17.2 Å². The number of aromatic nitrogens is 4. The van der Waals surface area contributed by atoms with Gasteiger partial charge in [0.25, 0.3) is 0 Å². The normalized spacial score (nSPS) is 11.8. The van der Waals surface area contributed by atoms with Gasteiger partial charge in [0, 0.05) is 11.6 Å². The van der Waals surface area contributed by atoms with Crippen molar-refractivity contribution in [3.05, 3.63) is 24.2 Å². The lowest BCUT2D eigenvalue weighted by molar-refractivity contribution is 0.197. The average molecular weight is 260 g/mol. The molecule has 0 atom stereocenters. The van der Waals surface area contributed by atoms with Gasteiger partial charge in [-0.3, -0.25) is 0 Å². The molecule has 2 N–H and O–H groups in total. The molecule has 0 saturated carbocycles. The number of hydrogen-bond donors (Lipinski definition) is 2. The van der Waals surface area contributed by atoms with Crippen LogP contribution >= 0.6 is 0 Å². The van der Waals surface area contributed by atoms with Crippen molar-refractivity contribution in [2.45, 2.75) is 6.92 Å². The Labute approximate surface area is 105 Å². The molecule has 0 radical (unpaired) electrons. The summed E-state index contributed by atoms with van der Waals surface area (Å²) in [4.78, 5) is 8.00. The van der Waals surface area contributed by atoms with Crippen molar-refractivity contribution in [3.8, 4) is 11.6 Å². The lowest BCUT2D eigenvalue weighted by atomic mass is 10.4. The lowest BCUT2D eigenvalue weighted by Gasteiger charge is -1.95. The molecule has 0 spiro atoms. The first kappa shape index (κ1) is 10.1. The van der Waals surface area contributed by atoms with Crippen LogP contribution < -0.4 is 0 Å². The van der Waals surface area contributed by atoms with E-state index in [-0.39, 0.29) is 11.5 Å². The van der Waals surface area contributed by atoms with Crippen LogP contribution in [0.1, 0.15) is 5.56 Å². The largest absolute Gasteiger partial charge is 0.442 e. The van der Waals surface area contributed by atoms with Gasteiger partial charge in [-0.15, -0.1) is 0 Å². The monoisotopic (exact) mass is 260 g/mol. The highest BCUT2D eigenvalue weighted by atomic mass is 16.5. The molecule has 19 heavy (non-hydrogen) atoms. The van der Waals surface area contributed by atoms with Gasteiger partial charge in [0.1, 0.15) is 5.69 Å². The highest BCUT2D eigenvalue weighted by molar-refractivity contribution is 5.80. The maximum atomic E-state index is 9.96. The number of oxazole rings is 2. The first-order valence-electron chi connectivity index (χ1n) is 5.47. The Morgan fingerprint density at radius 2 is 2.11 bits per heavy atom. The number of fused-ring (bicyclic) bond motifs is 2. The summed E-state index contributed by atoms with van der Waals surface area (Å²) in [7, 11) is 0. The van der Waals surface area contributed by atoms with E-state index in [0.29, 0.717) is 22.5 Å². The van der Waals surface area contributed by atoms with Crippen LogP contribution in [0.5, 0.6) is 0 Å². The van der Waals surface area contributed by atoms with Gasteiger partial charge in [0.15, 0.2) is 17.6 Å². The third-order valence-corrected chi connectivity index (χ3v) is 2.99. The smallest absolute Gasteiger partial charge is 0.249 e. The van der Waals surface area contributed by atoms with Crippen LogP contribution in [0.2, 0.25) is 0 Å². The molecule has 0 saturated heterocycles. The maximum Gasteiger partial charge on any atom is 0.249 e. The van der Waals surface area contributed by atoms with Crippen molar-refractivity contribution >= 4 is 22.5 Å². The quantitative estimate of drug-likeness (QED) is 0.507. The fraction of sp³-hybridized carbons (Fsp3) is 0.0909. The Kier molecular flexibility index (Phi) is 1.64. The molecule has 8 nitrogen and oxygen atoms in total. The van der Waals surface area contributed by atoms with E-state index in [1.165, 1.54) is 12.6 Å². The minimum atomic E-state index is 0.173. The number of aryl methyl sites for hydroxylation is 1. The van der Waals surface area contributed by atoms with Gasteiger partial charge in [0.05, 0.1) is 6.20 Å². The second-order valence-electron chi connectivity index (χ2n) is 4.21. The molecule has 4 aromatic rings. The summed E-state index contributed by atoms with van der Waals surface area (Å²) < 4.78 is 12.3. The number of hydrogen-bond acceptors (Lipinski definition) is 6. The molecule has 0 aliphatic carbocycles. The zero-order chi connectivity index (χ0) is 13.1. The SMILES string of the molecule is Cc1cn(O)c2nc(-c3cc4ocnc4n3O)oc12. The van der Waals surface area contributed by atoms with Gasteiger partial charge < -0.3 is 19.2 Å². The minimum Gasteiger partial charge on any atom is -0.442 e. The molecule has 0 aliphatic rings. The van der Waals surface area contributed by atoms with Crippen LogP contribution in [-0.2, 0) is 0 Å². The molecule has 0 unspecified atom stereocenters. The predicted octanol–water partition coefficient (Wildman–Crippen LogP) is 2.02. The third-order valence-electron chi connectivity index (χ3n) is 2.99. The molecule has 0 aliphatic heterocycles. The van der Waals surface area contributed by atoms with E-state index < -0.39 is 0 Å². The summed E-state index contributed by atoms with van der Waals surface area (Å²) in [6.45, 7) is 1.79. The fourth-order valence-electron chi connectivity index (χ4n) is 2.10. The van der Waals surface area contributed by atoms with Crippen LogP contribution in [0, 0.1) is 6.92 Å². The molecule has 4 rings (SSSR count). The Hall–Kier alpha value is -2.90. The van der Waals surface area contributed by atoms with E-state index in [1.54, 1.807) is 13.0 Å². The van der Waals surface area contributed by atoms with E-state index in [1.807, 2.05) is 0 Å². The summed E-state index contributed by atoms with van der Waals surface area (Å²) >= 11 is 0. The van der Waals surface area contributed by atoms with E-state index in [9.17, 15) is 10.4 Å². The van der Waals surface area contributed by atoms with Crippen molar-refractivity contribution in [2.75, 3.05) is 0 Å². The number of nitrogens with zero attached hydrogens (tertiary/aromatic N) is 4. The van der Waals surface area contributed by atoms with Gasteiger partial charge in [-0.2, -0.15) is 19.4 Å². The van der Waals surface area contributed by atoms with E-state index in [0.717, 1.165) is 15.0 Å². The first-order valence-corrected chi connectivity index (χ1v) is 5.47. The zero-order valence-corrected chi connectivity index (χ0v) is 9.73. The standard InChI is InChI=1S/C11H8N4O4/c1-5-3-14(16)10-8(5)19-11(13-10)6-2-7-9(15(6)17)12-4-18-7/h2-4,16-17H,1H3. The van der Waals surface area contributed by atoms with Crippen molar-refractivity contribution in [3.63, 3.8) is 0 Å². The Morgan fingerprint density at radius 3 is 2.84 bits per heavy atom. The van der Waals surface area contributed by atoms with Crippen molar-refractivity contribution in [1.82, 2.24) is 19.4 Å². The summed E-state index contributed by atoms with van der Waals surface area (Å²) in [6, 6.07) is 1.56. The van der Waals surface area contributed by atoms with Crippen LogP contribution in [-0.4, -0.2) is 29.8 Å². The van der Waals surface area contributed by atoms with Crippen LogP contribution in [0.4, 0.5) is 0 Å². The average Bonchev–Trinajstić information content (AvgIpc) is 3.07. The van der Waals surface area contributed by atoms with Crippen LogP contribution in [0.15, 0.2) is 27.5 Å². The van der Waals surface area contributed by atoms with Gasteiger partial charge in [-0.1, -0.05) is 0 Å². The molecule has 0 bridgehead atoms. The topological polar surface area (TPSA) is 102 Å². The summed E-state index contributed by atoms with van der Waals surface area (Å²) in [5.41, 5.74) is 2.50. The lowest BCUT2D eigenvalue weighted by Crippen LogP contribution is -1.94. The van der Waals surface area contributed by atoms with E-state index >= 15 is 0 Å². The molecule has 0 aromatic carbocycles. The predicted molar refractivity (Wildman–Crippen MR) is 62.1 cm³/mol. The minimum absolute atomic E-state index is 0.173. The fourth-order valence-corrected chi connectivity index (χ4v) is 2.10. The molecule has 4 aromatic heterocycles. The molecule has 0 amide bonds. The summed E-state index contributed by atoms with van der Waals surface area (Å²) in [5, 5.41) is 19.6.